The van der Waals surface area contributed by atoms with Gasteiger partial charge < -0.3 is 21.4 Å². The van der Waals surface area contributed by atoms with Crippen molar-refractivity contribution < 1.29 is 9.59 Å². The first-order valence-corrected chi connectivity index (χ1v) is 5.16. The number of aromatic nitrogens is 1. The van der Waals surface area contributed by atoms with Crippen LogP contribution in [0.2, 0.25) is 0 Å². The number of rotatable bonds is 4. The maximum Gasteiger partial charge on any atom is 0.268 e. The lowest BCUT2D eigenvalue weighted by Crippen LogP contribution is -2.37. The molecule has 0 atom stereocenters. The molecule has 0 bridgehead atoms. The van der Waals surface area contributed by atoms with Crippen molar-refractivity contribution in [2.45, 2.75) is 18.9 Å². The highest BCUT2D eigenvalue weighted by molar-refractivity contribution is 5.95. The normalized spacial score (nSPS) is 14.5. The minimum absolute atomic E-state index is 0.00570. The average Bonchev–Trinajstić information content (AvgIpc) is 2.95. The lowest BCUT2D eigenvalue weighted by atomic mass is 10.4. The summed E-state index contributed by atoms with van der Waals surface area (Å²) in [6, 6.07) is 1.83. The highest BCUT2D eigenvalue weighted by Crippen LogP contribution is 2.18. The molecule has 6 nitrogen and oxygen atoms in total. The smallest absolute Gasteiger partial charge is 0.268 e. The van der Waals surface area contributed by atoms with Gasteiger partial charge in [0.1, 0.15) is 5.69 Å². The third-order valence-corrected chi connectivity index (χ3v) is 2.30. The Labute approximate surface area is 92.6 Å². The number of nitrogen functional groups attached to an aromatic ring is 1. The predicted octanol–water partition coefficient (Wildman–Crippen LogP) is -0.395. The second kappa shape index (κ2) is 4.26. The van der Waals surface area contributed by atoms with Crippen LogP contribution in [0.4, 0.5) is 5.69 Å². The van der Waals surface area contributed by atoms with Gasteiger partial charge in [-0.05, 0) is 18.9 Å². The Morgan fingerprint density at radius 1 is 1.50 bits per heavy atom. The Balaban J connectivity index is 1.76. The van der Waals surface area contributed by atoms with Gasteiger partial charge in [-0.3, -0.25) is 9.59 Å². The molecule has 5 N–H and O–H groups in total. The summed E-state index contributed by atoms with van der Waals surface area (Å²) in [5.41, 5.74) is 6.31. The topological polar surface area (TPSA) is 100 Å². The van der Waals surface area contributed by atoms with Crippen molar-refractivity contribution in [1.29, 1.82) is 0 Å². The quantitative estimate of drug-likeness (QED) is 0.558. The lowest BCUT2D eigenvalue weighted by molar-refractivity contribution is -0.120. The average molecular weight is 222 g/mol. The van der Waals surface area contributed by atoms with Crippen LogP contribution in [0.1, 0.15) is 23.3 Å². The van der Waals surface area contributed by atoms with Crippen molar-refractivity contribution in [3.05, 3.63) is 18.0 Å². The number of anilines is 1. The van der Waals surface area contributed by atoms with Gasteiger partial charge in [0.05, 0.1) is 6.54 Å². The van der Waals surface area contributed by atoms with Gasteiger partial charge in [0.2, 0.25) is 5.91 Å². The monoisotopic (exact) mass is 222 g/mol. The predicted molar refractivity (Wildman–Crippen MR) is 58.7 cm³/mol. The number of hydrogen-bond donors (Lipinski definition) is 4. The SMILES string of the molecule is Nc1c[nH]c(C(=O)NCC(=O)NC2CC2)c1. The number of hydrogen-bond acceptors (Lipinski definition) is 3. The molecule has 0 spiro atoms. The van der Waals surface area contributed by atoms with E-state index in [1.54, 1.807) is 0 Å². The van der Waals surface area contributed by atoms with E-state index in [4.69, 9.17) is 5.73 Å². The molecule has 0 aromatic carbocycles. The summed E-state index contributed by atoms with van der Waals surface area (Å²) in [7, 11) is 0. The molecule has 0 aliphatic heterocycles. The van der Waals surface area contributed by atoms with Crippen molar-refractivity contribution in [3.8, 4) is 0 Å². The van der Waals surface area contributed by atoms with Gasteiger partial charge in [-0.1, -0.05) is 0 Å². The van der Waals surface area contributed by atoms with E-state index < -0.39 is 0 Å². The first-order chi connectivity index (χ1) is 7.65. The second-order valence-electron chi connectivity index (χ2n) is 3.87. The van der Waals surface area contributed by atoms with E-state index >= 15 is 0 Å². The summed E-state index contributed by atoms with van der Waals surface area (Å²) in [4.78, 5) is 25.5. The first-order valence-electron chi connectivity index (χ1n) is 5.16. The molecule has 2 amide bonds. The van der Waals surface area contributed by atoms with E-state index in [0.29, 0.717) is 17.4 Å². The van der Waals surface area contributed by atoms with E-state index in [1.165, 1.54) is 12.3 Å². The second-order valence-corrected chi connectivity index (χ2v) is 3.87. The Kier molecular flexibility index (Phi) is 2.80. The molecule has 0 unspecified atom stereocenters. The van der Waals surface area contributed by atoms with Gasteiger partial charge in [0.25, 0.3) is 5.91 Å². The Morgan fingerprint density at radius 2 is 2.25 bits per heavy atom. The van der Waals surface area contributed by atoms with Crippen LogP contribution in [-0.2, 0) is 4.79 Å². The number of nitrogens with one attached hydrogen (secondary N) is 3. The van der Waals surface area contributed by atoms with Gasteiger partial charge in [0.15, 0.2) is 0 Å². The fraction of sp³-hybridized carbons (Fsp3) is 0.400. The highest BCUT2D eigenvalue weighted by Gasteiger charge is 2.23. The largest absolute Gasteiger partial charge is 0.397 e. The molecule has 1 aromatic rings. The van der Waals surface area contributed by atoms with Gasteiger partial charge in [-0.2, -0.15) is 0 Å². The van der Waals surface area contributed by atoms with Crippen LogP contribution in [0.25, 0.3) is 0 Å². The van der Waals surface area contributed by atoms with E-state index in [0.717, 1.165) is 12.8 Å². The molecule has 0 saturated heterocycles. The molecule has 1 aliphatic carbocycles. The maximum absolute atomic E-state index is 11.5. The van der Waals surface area contributed by atoms with E-state index in [9.17, 15) is 9.59 Å². The summed E-state index contributed by atoms with van der Waals surface area (Å²) in [5, 5.41) is 5.28. The van der Waals surface area contributed by atoms with Crippen molar-refractivity contribution >= 4 is 17.5 Å². The molecule has 1 aromatic heterocycles. The molecule has 6 heteroatoms. The molecular formula is C10H14N4O2. The van der Waals surface area contributed by atoms with Gasteiger partial charge in [0, 0.05) is 17.9 Å². The molecule has 16 heavy (non-hydrogen) atoms. The fourth-order valence-electron chi connectivity index (χ4n) is 1.30. The molecule has 1 saturated carbocycles. The molecule has 0 radical (unpaired) electrons. The molecule has 1 fully saturated rings. The minimum Gasteiger partial charge on any atom is -0.397 e. The van der Waals surface area contributed by atoms with Crippen LogP contribution in [-0.4, -0.2) is 29.4 Å². The Hall–Kier alpha value is -1.98. The highest BCUT2D eigenvalue weighted by atomic mass is 16.2. The molecule has 1 heterocycles. The third-order valence-electron chi connectivity index (χ3n) is 2.30. The van der Waals surface area contributed by atoms with Crippen molar-refractivity contribution in [2.24, 2.45) is 0 Å². The molecule has 86 valence electrons. The van der Waals surface area contributed by atoms with Crippen molar-refractivity contribution in [3.63, 3.8) is 0 Å². The lowest BCUT2D eigenvalue weighted by Gasteiger charge is -2.04. The first kappa shape index (κ1) is 10.5. The standard InChI is InChI=1S/C10H14N4O2/c11-6-3-8(12-4-6)10(16)13-5-9(15)14-7-1-2-7/h3-4,7,12H,1-2,5,11H2,(H,13,16)(H,14,15). The van der Waals surface area contributed by atoms with Gasteiger partial charge >= 0.3 is 0 Å². The van der Waals surface area contributed by atoms with E-state index in [1.807, 2.05) is 0 Å². The minimum atomic E-state index is -0.331. The zero-order valence-corrected chi connectivity index (χ0v) is 8.75. The number of carbonyl (C=O) groups excluding carboxylic acids is 2. The van der Waals surface area contributed by atoms with E-state index in [2.05, 4.69) is 15.6 Å². The fourth-order valence-corrected chi connectivity index (χ4v) is 1.30. The number of nitrogens with two attached hydrogens (primary N) is 1. The summed E-state index contributed by atoms with van der Waals surface area (Å²) in [5.74, 6) is -0.488. The summed E-state index contributed by atoms with van der Waals surface area (Å²) in [6.45, 7) is -0.00570. The third kappa shape index (κ3) is 2.75. The van der Waals surface area contributed by atoms with Crippen LogP contribution >= 0.6 is 0 Å². The molecule has 1 aliphatic rings. The van der Waals surface area contributed by atoms with Crippen LogP contribution in [0, 0.1) is 0 Å². The summed E-state index contributed by atoms with van der Waals surface area (Å²) in [6.07, 6.45) is 3.60. The zero-order valence-electron chi connectivity index (χ0n) is 8.75. The molecule has 2 rings (SSSR count). The van der Waals surface area contributed by atoms with Crippen LogP contribution in [0.15, 0.2) is 12.3 Å². The van der Waals surface area contributed by atoms with Gasteiger partial charge in [-0.15, -0.1) is 0 Å². The summed E-state index contributed by atoms with van der Waals surface area (Å²) >= 11 is 0. The number of amides is 2. The zero-order chi connectivity index (χ0) is 11.5. The van der Waals surface area contributed by atoms with Crippen LogP contribution in [0.5, 0.6) is 0 Å². The van der Waals surface area contributed by atoms with Crippen molar-refractivity contribution in [1.82, 2.24) is 15.6 Å². The number of carbonyl (C=O) groups is 2. The molecular weight excluding hydrogens is 208 g/mol. The number of H-pyrrole nitrogens is 1. The Morgan fingerprint density at radius 3 is 2.81 bits per heavy atom. The summed E-state index contributed by atoms with van der Waals surface area (Å²) < 4.78 is 0. The Bertz CT molecular complexity index is 409. The van der Waals surface area contributed by atoms with Crippen LogP contribution < -0.4 is 16.4 Å². The van der Waals surface area contributed by atoms with Crippen LogP contribution in [0.3, 0.4) is 0 Å². The van der Waals surface area contributed by atoms with Gasteiger partial charge in [-0.25, -0.2) is 0 Å². The van der Waals surface area contributed by atoms with Crippen molar-refractivity contribution in [2.75, 3.05) is 12.3 Å². The van der Waals surface area contributed by atoms with E-state index in [-0.39, 0.29) is 18.4 Å². The number of aromatic amines is 1. The maximum atomic E-state index is 11.5.